The molecule has 0 bridgehead atoms. The fraction of sp³-hybridized carbons (Fsp3) is 0.304. The van der Waals surface area contributed by atoms with Crippen molar-refractivity contribution in [3.8, 4) is 0 Å². The molecular weight excluding hydrogens is 352 g/mol. The van der Waals surface area contributed by atoms with Crippen molar-refractivity contribution in [2.45, 2.75) is 45.6 Å². The fourth-order valence-electron chi connectivity index (χ4n) is 3.22. The molecule has 5 nitrogen and oxygen atoms in total. The summed E-state index contributed by atoms with van der Waals surface area (Å²) in [5.74, 6) is -0.429. The van der Waals surface area contributed by atoms with Gasteiger partial charge in [0, 0.05) is 22.8 Å². The van der Waals surface area contributed by atoms with Gasteiger partial charge < -0.3 is 15.0 Å². The highest BCUT2D eigenvalue weighted by Gasteiger charge is 2.20. The third kappa shape index (κ3) is 4.42. The number of benzene rings is 2. The molecule has 0 saturated carbocycles. The van der Waals surface area contributed by atoms with Gasteiger partial charge in [-0.25, -0.2) is 0 Å². The van der Waals surface area contributed by atoms with Crippen molar-refractivity contribution in [1.82, 2.24) is 4.98 Å². The number of fused-ring (bicyclic) bond motifs is 1. The highest BCUT2D eigenvalue weighted by atomic mass is 16.5. The van der Waals surface area contributed by atoms with Gasteiger partial charge >= 0.3 is 5.97 Å². The van der Waals surface area contributed by atoms with Gasteiger partial charge in [-0.15, -0.1) is 0 Å². The zero-order valence-electron chi connectivity index (χ0n) is 16.5. The first-order valence-electron chi connectivity index (χ1n) is 9.63. The number of esters is 1. The van der Waals surface area contributed by atoms with Crippen LogP contribution in [-0.4, -0.2) is 23.0 Å². The van der Waals surface area contributed by atoms with Crippen LogP contribution in [-0.2, 0) is 20.7 Å². The second-order valence-electron chi connectivity index (χ2n) is 7.05. The van der Waals surface area contributed by atoms with E-state index in [0.717, 1.165) is 34.1 Å². The predicted molar refractivity (Wildman–Crippen MR) is 111 cm³/mol. The molecule has 1 heterocycles. The summed E-state index contributed by atoms with van der Waals surface area (Å²) in [5, 5.41) is 3.88. The molecule has 0 radical (unpaired) electrons. The van der Waals surface area contributed by atoms with Crippen LogP contribution < -0.4 is 5.32 Å². The first kappa shape index (κ1) is 19.7. The lowest BCUT2D eigenvalue weighted by molar-refractivity contribution is -0.152. The molecule has 0 aliphatic carbocycles. The van der Waals surface area contributed by atoms with Crippen molar-refractivity contribution < 1.29 is 14.3 Å². The van der Waals surface area contributed by atoms with E-state index in [2.05, 4.69) is 24.1 Å². The molecule has 2 N–H and O–H groups in total. The third-order valence-electron chi connectivity index (χ3n) is 5.05. The van der Waals surface area contributed by atoms with E-state index < -0.39 is 12.1 Å². The first-order chi connectivity index (χ1) is 13.5. The summed E-state index contributed by atoms with van der Waals surface area (Å²) in [4.78, 5) is 28.0. The van der Waals surface area contributed by atoms with E-state index in [1.807, 2.05) is 48.5 Å². The predicted octanol–water partition coefficient (Wildman–Crippen LogP) is 4.79. The van der Waals surface area contributed by atoms with Crippen molar-refractivity contribution in [3.63, 3.8) is 0 Å². The van der Waals surface area contributed by atoms with E-state index in [1.54, 1.807) is 13.1 Å². The van der Waals surface area contributed by atoms with Gasteiger partial charge in [-0.1, -0.05) is 50.2 Å². The number of anilines is 1. The van der Waals surface area contributed by atoms with Gasteiger partial charge in [0.2, 0.25) is 0 Å². The molecule has 0 saturated heterocycles. The number of hydrogen-bond acceptors (Lipinski definition) is 3. The summed E-state index contributed by atoms with van der Waals surface area (Å²) >= 11 is 0. The van der Waals surface area contributed by atoms with Crippen molar-refractivity contribution in [2.75, 3.05) is 5.32 Å². The Morgan fingerprint density at radius 2 is 1.79 bits per heavy atom. The monoisotopic (exact) mass is 378 g/mol. The smallest absolute Gasteiger partial charge is 0.311 e. The molecule has 28 heavy (non-hydrogen) atoms. The van der Waals surface area contributed by atoms with Crippen LogP contribution in [0.4, 0.5) is 5.69 Å². The third-order valence-corrected chi connectivity index (χ3v) is 5.05. The minimum Gasteiger partial charge on any atom is -0.452 e. The Morgan fingerprint density at radius 3 is 2.57 bits per heavy atom. The Labute approximate surface area is 165 Å². The van der Waals surface area contributed by atoms with E-state index in [1.165, 1.54) is 0 Å². The Morgan fingerprint density at radius 1 is 1.07 bits per heavy atom. The molecule has 5 heteroatoms. The van der Waals surface area contributed by atoms with E-state index in [4.69, 9.17) is 4.74 Å². The average molecular weight is 378 g/mol. The highest BCUT2D eigenvalue weighted by molar-refractivity contribution is 5.96. The lowest BCUT2D eigenvalue weighted by atomic mass is 9.97. The molecule has 3 aromatic rings. The van der Waals surface area contributed by atoms with Gasteiger partial charge in [-0.05, 0) is 42.5 Å². The molecule has 1 aromatic heterocycles. The Balaban J connectivity index is 1.62. The average Bonchev–Trinajstić information content (AvgIpc) is 3.10. The van der Waals surface area contributed by atoms with Crippen molar-refractivity contribution in [1.29, 1.82) is 0 Å². The number of aromatic amines is 1. The van der Waals surface area contributed by atoms with Crippen LogP contribution in [0.15, 0.2) is 54.7 Å². The maximum absolute atomic E-state index is 12.5. The minimum absolute atomic E-state index is 0.116. The summed E-state index contributed by atoms with van der Waals surface area (Å²) in [7, 11) is 0. The van der Waals surface area contributed by atoms with Gasteiger partial charge in [0.15, 0.2) is 6.10 Å². The number of H-pyrrole nitrogens is 1. The second kappa shape index (κ2) is 8.74. The number of nitrogens with one attached hydrogen (secondary N) is 2. The largest absolute Gasteiger partial charge is 0.452 e. The highest BCUT2D eigenvalue weighted by Crippen LogP contribution is 2.26. The molecule has 2 aromatic carbocycles. The Hall–Kier alpha value is -3.08. The lowest BCUT2D eigenvalue weighted by Crippen LogP contribution is -2.30. The van der Waals surface area contributed by atoms with Gasteiger partial charge in [-0.2, -0.15) is 0 Å². The molecule has 0 spiro atoms. The van der Waals surface area contributed by atoms with E-state index in [-0.39, 0.29) is 12.3 Å². The maximum Gasteiger partial charge on any atom is 0.311 e. The van der Waals surface area contributed by atoms with Crippen LogP contribution in [0.1, 0.15) is 44.2 Å². The molecule has 3 rings (SSSR count). The zero-order chi connectivity index (χ0) is 20.1. The second-order valence-corrected chi connectivity index (χ2v) is 7.05. The van der Waals surface area contributed by atoms with E-state index in [9.17, 15) is 9.59 Å². The molecule has 146 valence electrons. The number of carbonyl (C=O) groups excluding carboxylic acids is 2. The van der Waals surface area contributed by atoms with Gasteiger partial charge in [0.25, 0.3) is 5.91 Å². The number of hydrogen-bond donors (Lipinski definition) is 2. The van der Waals surface area contributed by atoms with Crippen LogP contribution in [0.2, 0.25) is 0 Å². The quantitative estimate of drug-likeness (QED) is 0.581. The maximum atomic E-state index is 12.5. The SMILES string of the molecule is CCC(C)c1ccccc1NC(=O)C(C)OC(=O)Cc1c[nH]c2ccccc12. The first-order valence-corrected chi connectivity index (χ1v) is 9.63. The van der Waals surface area contributed by atoms with Crippen LogP contribution in [0, 0.1) is 0 Å². The molecule has 2 unspecified atom stereocenters. The molecule has 1 amide bonds. The van der Waals surface area contributed by atoms with Gasteiger partial charge in [-0.3, -0.25) is 9.59 Å². The van der Waals surface area contributed by atoms with Crippen LogP contribution in [0.3, 0.4) is 0 Å². The van der Waals surface area contributed by atoms with Crippen LogP contribution in [0.25, 0.3) is 10.9 Å². The standard InChI is InChI=1S/C23H26N2O3/c1-4-15(2)18-9-5-8-12-21(18)25-23(27)16(3)28-22(26)13-17-14-24-20-11-7-6-10-19(17)20/h5-12,14-16,24H,4,13H2,1-3H3,(H,25,27). The lowest BCUT2D eigenvalue weighted by Gasteiger charge is -2.18. The van der Waals surface area contributed by atoms with Crippen molar-refractivity contribution in [2.24, 2.45) is 0 Å². The number of aromatic nitrogens is 1. The molecule has 0 aliphatic heterocycles. The molecular formula is C23H26N2O3. The summed E-state index contributed by atoms with van der Waals surface area (Å²) in [6.07, 6.45) is 2.02. The summed E-state index contributed by atoms with van der Waals surface area (Å²) in [5.41, 5.74) is 3.67. The number of ether oxygens (including phenoxy) is 1. The molecule has 0 aliphatic rings. The zero-order valence-corrected chi connectivity index (χ0v) is 16.5. The van der Waals surface area contributed by atoms with Crippen LogP contribution >= 0.6 is 0 Å². The van der Waals surface area contributed by atoms with Gasteiger partial charge in [0.05, 0.1) is 6.42 Å². The Bertz CT molecular complexity index is 977. The summed E-state index contributed by atoms with van der Waals surface area (Å²) < 4.78 is 5.37. The van der Waals surface area contributed by atoms with Crippen molar-refractivity contribution >= 4 is 28.5 Å². The van der Waals surface area contributed by atoms with E-state index in [0.29, 0.717) is 5.92 Å². The number of carbonyl (C=O) groups is 2. The number of rotatable bonds is 7. The Kier molecular flexibility index (Phi) is 6.14. The molecule has 0 fully saturated rings. The van der Waals surface area contributed by atoms with Crippen molar-refractivity contribution in [3.05, 3.63) is 65.9 Å². The minimum atomic E-state index is -0.873. The van der Waals surface area contributed by atoms with E-state index >= 15 is 0 Å². The number of para-hydroxylation sites is 2. The summed E-state index contributed by atoms with van der Waals surface area (Å²) in [6.45, 7) is 5.82. The fourth-order valence-corrected chi connectivity index (χ4v) is 3.22. The topological polar surface area (TPSA) is 71.2 Å². The molecule has 2 atom stereocenters. The van der Waals surface area contributed by atoms with Crippen LogP contribution in [0.5, 0.6) is 0 Å². The number of amides is 1. The summed E-state index contributed by atoms with van der Waals surface area (Å²) in [6, 6.07) is 15.5. The normalized spacial score (nSPS) is 13.1. The van der Waals surface area contributed by atoms with Gasteiger partial charge in [0.1, 0.15) is 0 Å².